The molecule has 2 heteroatoms. The van der Waals surface area contributed by atoms with Gasteiger partial charge in [0.15, 0.2) is 0 Å². The minimum Gasteiger partial charge on any atom is -0.387 e. The smallest absolute Gasteiger partial charge is 0.0968 e. The zero-order valence-electron chi connectivity index (χ0n) is 11.3. The Morgan fingerprint density at radius 2 is 1.65 bits per heavy atom. The van der Waals surface area contributed by atoms with Gasteiger partial charge in [-0.1, -0.05) is 39.0 Å². The molecule has 2 aliphatic carbocycles. The normalized spacial score (nSPS) is 32.6. The number of hydrogen-bond donors (Lipinski definition) is 1. The van der Waals surface area contributed by atoms with E-state index in [9.17, 15) is 0 Å². The van der Waals surface area contributed by atoms with Crippen LogP contribution in [0.3, 0.4) is 0 Å². The van der Waals surface area contributed by atoms with Crippen molar-refractivity contribution in [3.8, 4) is 0 Å². The maximum Gasteiger partial charge on any atom is 0.0968 e. The van der Waals surface area contributed by atoms with Gasteiger partial charge in [0.25, 0.3) is 0 Å². The van der Waals surface area contributed by atoms with Crippen molar-refractivity contribution in [1.82, 2.24) is 0 Å². The topological polar surface area (TPSA) is 38.4 Å². The summed E-state index contributed by atoms with van der Waals surface area (Å²) in [6.07, 6.45) is 12.2. The molecule has 0 radical (unpaired) electrons. The molecule has 0 bridgehead atoms. The molecule has 2 rings (SSSR count). The lowest BCUT2D eigenvalue weighted by atomic mass is 9.83. The minimum atomic E-state index is 0.603. The number of amidine groups is 1. The third-order valence-corrected chi connectivity index (χ3v) is 4.69. The zero-order valence-corrected chi connectivity index (χ0v) is 11.3. The molecule has 2 fully saturated rings. The van der Waals surface area contributed by atoms with E-state index in [-0.39, 0.29) is 0 Å². The van der Waals surface area contributed by atoms with E-state index in [0.717, 1.165) is 24.2 Å². The van der Waals surface area contributed by atoms with Crippen LogP contribution in [0.2, 0.25) is 0 Å². The molecule has 98 valence electrons. The third-order valence-electron chi connectivity index (χ3n) is 4.69. The van der Waals surface area contributed by atoms with Gasteiger partial charge in [0.05, 0.1) is 5.84 Å². The molecule has 0 spiro atoms. The molecule has 2 nitrogen and oxygen atoms in total. The van der Waals surface area contributed by atoms with Crippen LogP contribution in [-0.4, -0.2) is 12.4 Å². The van der Waals surface area contributed by atoms with Crippen molar-refractivity contribution in [2.75, 3.05) is 6.54 Å². The molecular weight excluding hydrogens is 208 g/mol. The highest BCUT2D eigenvalue weighted by Gasteiger charge is 2.20. The van der Waals surface area contributed by atoms with Crippen molar-refractivity contribution in [1.29, 1.82) is 0 Å². The molecule has 0 aromatic carbocycles. The van der Waals surface area contributed by atoms with Gasteiger partial charge in [-0.3, -0.25) is 4.99 Å². The van der Waals surface area contributed by atoms with Gasteiger partial charge in [-0.25, -0.2) is 0 Å². The minimum absolute atomic E-state index is 0.603. The molecule has 0 heterocycles. The molecular formula is C15H28N2. The predicted molar refractivity (Wildman–Crippen MR) is 74.2 cm³/mol. The van der Waals surface area contributed by atoms with Crippen molar-refractivity contribution >= 4 is 5.84 Å². The second-order valence-electron chi connectivity index (χ2n) is 6.23. The first-order chi connectivity index (χ1) is 8.25. The average Bonchev–Trinajstić information content (AvgIpc) is 2.39. The lowest BCUT2D eigenvalue weighted by Gasteiger charge is -2.26. The van der Waals surface area contributed by atoms with E-state index < -0.39 is 0 Å². The van der Waals surface area contributed by atoms with Gasteiger partial charge in [-0.15, -0.1) is 0 Å². The Kier molecular flexibility index (Phi) is 4.87. The SMILES string of the molecule is CC1CCC(CN=C(N)C2CCCCC2)CC1. The molecule has 0 aromatic heterocycles. The molecule has 0 amide bonds. The van der Waals surface area contributed by atoms with Gasteiger partial charge in [-0.2, -0.15) is 0 Å². The second kappa shape index (κ2) is 6.42. The number of rotatable bonds is 3. The lowest BCUT2D eigenvalue weighted by Crippen LogP contribution is -2.27. The van der Waals surface area contributed by atoms with Crippen LogP contribution in [0.5, 0.6) is 0 Å². The second-order valence-corrected chi connectivity index (χ2v) is 6.23. The number of nitrogens with zero attached hydrogens (tertiary/aromatic N) is 1. The van der Waals surface area contributed by atoms with Crippen LogP contribution in [0.1, 0.15) is 64.7 Å². The molecule has 2 saturated carbocycles. The van der Waals surface area contributed by atoms with E-state index >= 15 is 0 Å². The fourth-order valence-corrected chi connectivity index (χ4v) is 3.27. The van der Waals surface area contributed by atoms with Crippen molar-refractivity contribution in [3.05, 3.63) is 0 Å². The Morgan fingerprint density at radius 3 is 2.29 bits per heavy atom. The summed E-state index contributed by atoms with van der Waals surface area (Å²) in [6, 6.07) is 0. The quantitative estimate of drug-likeness (QED) is 0.588. The van der Waals surface area contributed by atoms with E-state index in [1.165, 1.54) is 57.8 Å². The highest BCUT2D eigenvalue weighted by molar-refractivity contribution is 5.82. The van der Waals surface area contributed by atoms with Crippen molar-refractivity contribution in [2.45, 2.75) is 64.7 Å². The van der Waals surface area contributed by atoms with Crippen LogP contribution in [0, 0.1) is 17.8 Å². The van der Waals surface area contributed by atoms with Gasteiger partial charge < -0.3 is 5.73 Å². The molecule has 0 unspecified atom stereocenters. The summed E-state index contributed by atoms with van der Waals surface area (Å²) in [7, 11) is 0. The van der Waals surface area contributed by atoms with Gasteiger partial charge in [-0.05, 0) is 37.5 Å². The summed E-state index contributed by atoms with van der Waals surface area (Å²) >= 11 is 0. The Labute approximate surface area is 106 Å². The summed E-state index contributed by atoms with van der Waals surface area (Å²) in [5, 5.41) is 0. The molecule has 17 heavy (non-hydrogen) atoms. The maximum atomic E-state index is 6.14. The maximum absolute atomic E-state index is 6.14. The molecule has 0 saturated heterocycles. The molecule has 0 aliphatic heterocycles. The number of nitrogens with two attached hydrogens (primary N) is 1. The van der Waals surface area contributed by atoms with E-state index in [0.29, 0.717) is 5.92 Å². The Bertz CT molecular complexity index is 246. The van der Waals surface area contributed by atoms with Crippen LogP contribution >= 0.6 is 0 Å². The molecule has 0 atom stereocenters. The van der Waals surface area contributed by atoms with Crippen LogP contribution in [0.4, 0.5) is 0 Å². The number of hydrogen-bond acceptors (Lipinski definition) is 1. The van der Waals surface area contributed by atoms with Crippen molar-refractivity contribution in [3.63, 3.8) is 0 Å². The van der Waals surface area contributed by atoms with Gasteiger partial charge in [0.1, 0.15) is 0 Å². The highest BCUT2D eigenvalue weighted by atomic mass is 14.9. The summed E-state index contributed by atoms with van der Waals surface area (Å²) in [6.45, 7) is 3.37. The average molecular weight is 236 g/mol. The first-order valence-corrected chi connectivity index (χ1v) is 7.55. The molecule has 2 N–H and O–H groups in total. The van der Waals surface area contributed by atoms with Crippen LogP contribution in [0.15, 0.2) is 4.99 Å². The Morgan fingerprint density at radius 1 is 1.00 bits per heavy atom. The first-order valence-electron chi connectivity index (χ1n) is 7.55. The lowest BCUT2D eigenvalue weighted by molar-refractivity contribution is 0.296. The summed E-state index contributed by atoms with van der Waals surface area (Å²) in [5.41, 5.74) is 6.14. The van der Waals surface area contributed by atoms with E-state index in [1.807, 2.05) is 0 Å². The van der Waals surface area contributed by atoms with Gasteiger partial charge >= 0.3 is 0 Å². The first kappa shape index (κ1) is 12.9. The fourth-order valence-electron chi connectivity index (χ4n) is 3.27. The molecule has 0 aromatic rings. The van der Waals surface area contributed by atoms with Gasteiger partial charge in [0.2, 0.25) is 0 Å². The summed E-state index contributed by atoms with van der Waals surface area (Å²) in [5.74, 6) is 3.31. The van der Waals surface area contributed by atoms with Crippen molar-refractivity contribution < 1.29 is 0 Å². The zero-order chi connectivity index (χ0) is 12.1. The summed E-state index contributed by atoms with van der Waals surface area (Å²) in [4.78, 5) is 4.69. The van der Waals surface area contributed by atoms with Crippen LogP contribution < -0.4 is 5.73 Å². The van der Waals surface area contributed by atoms with Crippen LogP contribution in [0.25, 0.3) is 0 Å². The highest BCUT2D eigenvalue weighted by Crippen LogP contribution is 2.29. The largest absolute Gasteiger partial charge is 0.387 e. The monoisotopic (exact) mass is 236 g/mol. The Hall–Kier alpha value is -0.530. The fraction of sp³-hybridized carbons (Fsp3) is 0.933. The van der Waals surface area contributed by atoms with Gasteiger partial charge in [0, 0.05) is 12.5 Å². The third kappa shape index (κ3) is 4.01. The summed E-state index contributed by atoms with van der Waals surface area (Å²) < 4.78 is 0. The van der Waals surface area contributed by atoms with E-state index in [2.05, 4.69) is 6.92 Å². The predicted octanol–water partition coefficient (Wildman–Crippen LogP) is 3.75. The van der Waals surface area contributed by atoms with E-state index in [1.54, 1.807) is 0 Å². The standard InChI is InChI=1S/C15H28N2/c1-12-7-9-13(10-8-12)11-17-15(16)14-5-3-2-4-6-14/h12-14H,2-11H2,1H3,(H2,16,17). The van der Waals surface area contributed by atoms with E-state index in [4.69, 9.17) is 10.7 Å². The number of aliphatic imine (C=N–C) groups is 1. The van der Waals surface area contributed by atoms with Crippen molar-refractivity contribution in [2.24, 2.45) is 28.5 Å². The molecule has 2 aliphatic rings. The van der Waals surface area contributed by atoms with Crippen LogP contribution in [-0.2, 0) is 0 Å². The Balaban J connectivity index is 1.75.